The van der Waals surface area contributed by atoms with Crippen LogP contribution in [-0.4, -0.2) is 25.6 Å². The van der Waals surface area contributed by atoms with Crippen molar-refractivity contribution < 1.29 is 9.26 Å². The molecule has 4 aromatic rings. The highest BCUT2D eigenvalue weighted by Gasteiger charge is 2.17. The van der Waals surface area contributed by atoms with Crippen LogP contribution >= 0.6 is 0 Å². The molecule has 7 heteroatoms. The van der Waals surface area contributed by atoms with E-state index >= 15 is 0 Å². The maximum absolute atomic E-state index is 4.79. The molecule has 0 radical (unpaired) electrons. The molecule has 0 saturated heterocycles. The topological polar surface area (TPSA) is 90.7 Å². The molecule has 3 heterocycles. The molecule has 0 atom stereocenters. The normalized spacial score (nSPS) is 11.9. The molecular formula is C11H7N5O2. The molecule has 0 N–H and O–H groups in total. The van der Waals surface area contributed by atoms with Crippen LogP contribution in [-0.2, 0) is 0 Å². The smallest absolute Gasteiger partial charge is 0.161 e. The van der Waals surface area contributed by atoms with E-state index in [1.54, 1.807) is 0 Å². The monoisotopic (exact) mass is 241 g/mol. The summed E-state index contributed by atoms with van der Waals surface area (Å²) in [5, 5.41) is 16.4. The Morgan fingerprint density at radius 1 is 0.778 bits per heavy atom. The van der Waals surface area contributed by atoms with Gasteiger partial charge in [0.25, 0.3) is 0 Å². The van der Waals surface area contributed by atoms with Crippen molar-refractivity contribution in [3.05, 3.63) is 17.3 Å². The quantitative estimate of drug-likeness (QED) is 0.464. The number of pyridine rings is 1. The minimum atomic E-state index is 0.637. The van der Waals surface area contributed by atoms with Crippen molar-refractivity contribution in [3.63, 3.8) is 0 Å². The van der Waals surface area contributed by atoms with E-state index in [1.807, 2.05) is 19.9 Å². The Bertz CT molecular complexity index is 832. The minimum absolute atomic E-state index is 0.637. The van der Waals surface area contributed by atoms with E-state index in [9.17, 15) is 0 Å². The summed E-state index contributed by atoms with van der Waals surface area (Å²) in [7, 11) is 0. The van der Waals surface area contributed by atoms with Gasteiger partial charge in [0.1, 0.15) is 16.6 Å². The number of fused-ring (bicyclic) bond motifs is 5. The molecular weight excluding hydrogens is 234 g/mol. The third-order valence-electron chi connectivity index (χ3n) is 3.07. The summed E-state index contributed by atoms with van der Waals surface area (Å²) >= 11 is 0. The second-order valence-corrected chi connectivity index (χ2v) is 4.21. The Kier molecular flexibility index (Phi) is 1.58. The van der Waals surface area contributed by atoms with Crippen LogP contribution in [0, 0.1) is 13.8 Å². The molecule has 0 unspecified atom stereocenters. The first-order valence-corrected chi connectivity index (χ1v) is 5.40. The average Bonchev–Trinajstić information content (AvgIpc) is 2.98. The number of hydrogen-bond donors (Lipinski definition) is 0. The molecule has 18 heavy (non-hydrogen) atoms. The van der Waals surface area contributed by atoms with Gasteiger partial charge in [0.05, 0.1) is 5.69 Å². The van der Waals surface area contributed by atoms with Crippen molar-refractivity contribution in [1.82, 2.24) is 25.6 Å². The first-order chi connectivity index (χ1) is 8.75. The summed E-state index contributed by atoms with van der Waals surface area (Å²) in [6.07, 6.45) is 0. The summed E-state index contributed by atoms with van der Waals surface area (Å²) in [6, 6.07) is 1.95. The lowest BCUT2D eigenvalue weighted by Gasteiger charge is -2.01. The number of rotatable bonds is 0. The second kappa shape index (κ2) is 3.00. The molecule has 0 saturated carbocycles. The molecule has 0 aliphatic heterocycles. The second-order valence-electron chi connectivity index (χ2n) is 4.21. The lowest BCUT2D eigenvalue weighted by atomic mass is 10.1. The van der Waals surface area contributed by atoms with Crippen molar-refractivity contribution in [3.8, 4) is 0 Å². The van der Waals surface area contributed by atoms with E-state index in [4.69, 9.17) is 9.26 Å². The van der Waals surface area contributed by atoms with Crippen LogP contribution in [0.5, 0.6) is 0 Å². The zero-order chi connectivity index (χ0) is 12.3. The number of benzene rings is 1. The van der Waals surface area contributed by atoms with Gasteiger partial charge >= 0.3 is 0 Å². The fourth-order valence-corrected chi connectivity index (χ4v) is 2.20. The van der Waals surface area contributed by atoms with Gasteiger partial charge in [-0.2, -0.15) is 0 Å². The molecule has 0 spiro atoms. The van der Waals surface area contributed by atoms with Gasteiger partial charge < -0.3 is 0 Å². The van der Waals surface area contributed by atoms with E-state index in [0.29, 0.717) is 27.6 Å². The van der Waals surface area contributed by atoms with Crippen LogP contribution in [0.4, 0.5) is 0 Å². The van der Waals surface area contributed by atoms with Gasteiger partial charge in [-0.05, 0) is 46.1 Å². The predicted octanol–water partition coefficient (Wildman–Crippen LogP) is 1.92. The molecule has 3 aromatic heterocycles. The van der Waals surface area contributed by atoms with E-state index in [0.717, 1.165) is 16.6 Å². The fourth-order valence-electron chi connectivity index (χ4n) is 2.20. The van der Waals surface area contributed by atoms with Crippen LogP contribution in [0.2, 0.25) is 0 Å². The van der Waals surface area contributed by atoms with E-state index in [1.165, 1.54) is 0 Å². The number of aryl methyl sites for hydroxylation is 2. The Morgan fingerprint density at radius 2 is 1.44 bits per heavy atom. The highest BCUT2D eigenvalue weighted by Crippen LogP contribution is 2.29. The van der Waals surface area contributed by atoms with Crippen LogP contribution in [0.15, 0.2) is 15.3 Å². The van der Waals surface area contributed by atoms with Gasteiger partial charge in [0, 0.05) is 5.39 Å². The van der Waals surface area contributed by atoms with Crippen LogP contribution in [0.3, 0.4) is 0 Å². The summed E-state index contributed by atoms with van der Waals surface area (Å²) < 4.78 is 9.58. The lowest BCUT2D eigenvalue weighted by molar-refractivity contribution is 0.315. The zero-order valence-electron chi connectivity index (χ0n) is 9.63. The van der Waals surface area contributed by atoms with Crippen LogP contribution in [0.25, 0.3) is 33.0 Å². The van der Waals surface area contributed by atoms with Crippen molar-refractivity contribution in [1.29, 1.82) is 0 Å². The average molecular weight is 241 g/mol. The van der Waals surface area contributed by atoms with Gasteiger partial charge in [-0.1, -0.05) is 0 Å². The maximum Gasteiger partial charge on any atom is 0.161 e. The molecule has 7 nitrogen and oxygen atoms in total. The number of aromatic nitrogens is 5. The minimum Gasteiger partial charge on any atom is -0.248 e. The molecule has 1 aromatic carbocycles. The summed E-state index contributed by atoms with van der Waals surface area (Å²) in [4.78, 5) is 4.49. The van der Waals surface area contributed by atoms with Crippen LogP contribution < -0.4 is 0 Å². The van der Waals surface area contributed by atoms with Crippen molar-refractivity contribution in [2.75, 3.05) is 0 Å². The van der Waals surface area contributed by atoms with Crippen LogP contribution in [0.1, 0.15) is 11.3 Å². The standard InChI is InChI=1S/C11H7N5O2/c1-4-3-6-9(11-7(4)13-17-16-11)12-5(2)8-10(6)15-18-14-8/h3H,1-2H3. The predicted molar refractivity (Wildman–Crippen MR) is 61.9 cm³/mol. The number of nitrogens with zero attached hydrogens (tertiary/aromatic N) is 5. The summed E-state index contributed by atoms with van der Waals surface area (Å²) in [5.74, 6) is 0. The van der Waals surface area contributed by atoms with Gasteiger partial charge in [0.15, 0.2) is 11.0 Å². The van der Waals surface area contributed by atoms with E-state index in [2.05, 4.69) is 25.6 Å². The molecule has 0 aliphatic carbocycles. The fraction of sp³-hybridized carbons (Fsp3) is 0.182. The zero-order valence-corrected chi connectivity index (χ0v) is 9.63. The van der Waals surface area contributed by atoms with Gasteiger partial charge in [-0.3, -0.25) is 0 Å². The Morgan fingerprint density at radius 3 is 2.28 bits per heavy atom. The van der Waals surface area contributed by atoms with E-state index in [-0.39, 0.29) is 0 Å². The number of hydrogen-bond acceptors (Lipinski definition) is 7. The molecule has 0 aliphatic rings. The Hall–Kier alpha value is -2.57. The maximum atomic E-state index is 4.79. The summed E-state index contributed by atoms with van der Waals surface area (Å²) in [5.41, 5.74) is 5.10. The SMILES string of the molecule is Cc1nc2c(cc(C)c3nonc32)c2nonc12. The van der Waals surface area contributed by atoms with Gasteiger partial charge in [-0.25, -0.2) is 14.2 Å². The van der Waals surface area contributed by atoms with Crippen molar-refractivity contribution in [2.45, 2.75) is 13.8 Å². The molecule has 0 fully saturated rings. The summed E-state index contributed by atoms with van der Waals surface area (Å²) in [6.45, 7) is 3.79. The van der Waals surface area contributed by atoms with Crippen molar-refractivity contribution in [2.24, 2.45) is 0 Å². The first kappa shape index (κ1) is 9.46. The van der Waals surface area contributed by atoms with Crippen molar-refractivity contribution >= 4 is 33.0 Å². The first-order valence-electron chi connectivity index (χ1n) is 5.40. The highest BCUT2D eigenvalue weighted by molar-refractivity contribution is 6.12. The van der Waals surface area contributed by atoms with Gasteiger partial charge in [0.2, 0.25) is 0 Å². The Labute approximate surface area is 99.7 Å². The third kappa shape index (κ3) is 1.01. The molecule has 0 amide bonds. The highest BCUT2D eigenvalue weighted by atomic mass is 16.6. The largest absolute Gasteiger partial charge is 0.248 e. The Balaban J connectivity index is 2.40. The van der Waals surface area contributed by atoms with Gasteiger partial charge in [-0.15, -0.1) is 0 Å². The molecule has 4 rings (SSSR count). The van der Waals surface area contributed by atoms with E-state index < -0.39 is 0 Å². The molecule has 88 valence electrons. The molecule has 0 bridgehead atoms. The lowest BCUT2D eigenvalue weighted by Crippen LogP contribution is -1.90. The third-order valence-corrected chi connectivity index (χ3v) is 3.07.